The zero-order valence-electron chi connectivity index (χ0n) is 14.4. The lowest BCUT2D eigenvalue weighted by Gasteiger charge is -2.36. The monoisotopic (exact) mass is 458 g/mol. The third-order valence-corrected chi connectivity index (χ3v) is 7.13. The Morgan fingerprint density at radius 1 is 1.12 bits per heavy atom. The van der Waals surface area contributed by atoms with E-state index in [1.807, 2.05) is 31.2 Å². The van der Waals surface area contributed by atoms with Gasteiger partial charge in [0.25, 0.3) is 0 Å². The highest BCUT2D eigenvalue weighted by Crippen LogP contribution is 2.31. The summed E-state index contributed by atoms with van der Waals surface area (Å²) < 4.78 is 33.8. The maximum atomic E-state index is 12.9. The SMILES string of the molecule is CCOc1ccccc1N1CCN(S(=O)(=O)c2ccc(Br)cc2Cl)CC1. The molecule has 2 aromatic carbocycles. The van der Waals surface area contributed by atoms with Crippen LogP contribution in [0.2, 0.25) is 5.02 Å². The van der Waals surface area contributed by atoms with Crippen molar-refractivity contribution in [1.82, 2.24) is 4.31 Å². The fraction of sp³-hybridized carbons (Fsp3) is 0.333. The summed E-state index contributed by atoms with van der Waals surface area (Å²) in [5.74, 6) is 0.822. The van der Waals surface area contributed by atoms with Crippen molar-refractivity contribution in [3.63, 3.8) is 0 Å². The fourth-order valence-electron chi connectivity index (χ4n) is 2.99. The van der Waals surface area contributed by atoms with Crippen LogP contribution in [0.5, 0.6) is 5.75 Å². The van der Waals surface area contributed by atoms with E-state index >= 15 is 0 Å². The quantitative estimate of drug-likeness (QED) is 0.678. The van der Waals surface area contributed by atoms with Gasteiger partial charge >= 0.3 is 0 Å². The first-order valence-corrected chi connectivity index (χ1v) is 11.0. The van der Waals surface area contributed by atoms with Gasteiger partial charge in [-0.1, -0.05) is 39.7 Å². The Labute approximate surface area is 167 Å². The number of ether oxygens (including phenoxy) is 1. The second-order valence-corrected chi connectivity index (χ2v) is 9.10. The number of benzene rings is 2. The van der Waals surface area contributed by atoms with Gasteiger partial charge in [0.05, 0.1) is 17.3 Å². The van der Waals surface area contributed by atoms with Crippen molar-refractivity contribution in [2.24, 2.45) is 0 Å². The molecule has 2 aromatic rings. The number of para-hydroxylation sites is 2. The molecule has 8 heteroatoms. The van der Waals surface area contributed by atoms with E-state index in [-0.39, 0.29) is 9.92 Å². The van der Waals surface area contributed by atoms with Crippen LogP contribution < -0.4 is 9.64 Å². The predicted octanol–water partition coefficient (Wildman–Crippen LogP) is 4.01. The molecule has 1 aliphatic rings. The molecular formula is C18H20BrClN2O3S. The van der Waals surface area contributed by atoms with Crippen LogP contribution in [0, 0.1) is 0 Å². The Kier molecular flexibility index (Phi) is 6.12. The molecule has 140 valence electrons. The van der Waals surface area contributed by atoms with Gasteiger partial charge in [-0.25, -0.2) is 8.42 Å². The molecule has 3 rings (SSSR count). The molecule has 0 bridgehead atoms. The van der Waals surface area contributed by atoms with Gasteiger partial charge in [0.2, 0.25) is 10.0 Å². The average molecular weight is 460 g/mol. The molecule has 0 N–H and O–H groups in total. The van der Waals surface area contributed by atoms with Crippen molar-refractivity contribution in [2.75, 3.05) is 37.7 Å². The molecule has 1 heterocycles. The molecule has 26 heavy (non-hydrogen) atoms. The van der Waals surface area contributed by atoms with E-state index in [9.17, 15) is 8.42 Å². The molecule has 0 unspecified atom stereocenters. The largest absolute Gasteiger partial charge is 0.492 e. The van der Waals surface area contributed by atoms with Crippen molar-refractivity contribution < 1.29 is 13.2 Å². The van der Waals surface area contributed by atoms with Crippen LogP contribution in [0.25, 0.3) is 0 Å². The molecule has 0 aliphatic carbocycles. The molecule has 1 saturated heterocycles. The summed E-state index contributed by atoms with van der Waals surface area (Å²) in [6, 6.07) is 12.7. The maximum absolute atomic E-state index is 12.9. The number of rotatable bonds is 5. The zero-order valence-corrected chi connectivity index (χ0v) is 17.5. The normalized spacial score (nSPS) is 15.9. The van der Waals surface area contributed by atoms with Crippen LogP contribution >= 0.6 is 27.5 Å². The smallest absolute Gasteiger partial charge is 0.244 e. The number of hydrogen-bond acceptors (Lipinski definition) is 4. The molecular weight excluding hydrogens is 440 g/mol. The average Bonchev–Trinajstić information content (AvgIpc) is 2.62. The second-order valence-electron chi connectivity index (χ2n) is 5.87. The number of sulfonamides is 1. The minimum absolute atomic E-state index is 0.144. The van der Waals surface area contributed by atoms with E-state index < -0.39 is 10.0 Å². The third kappa shape index (κ3) is 4.01. The molecule has 5 nitrogen and oxygen atoms in total. The van der Waals surface area contributed by atoms with Crippen LogP contribution in [0.3, 0.4) is 0 Å². The number of anilines is 1. The summed E-state index contributed by atoms with van der Waals surface area (Å²) >= 11 is 9.45. The minimum atomic E-state index is -3.61. The van der Waals surface area contributed by atoms with E-state index in [4.69, 9.17) is 16.3 Å². The standard InChI is InChI=1S/C18H20BrClN2O3S/c1-2-25-17-6-4-3-5-16(17)21-9-11-22(12-10-21)26(23,24)18-8-7-14(19)13-15(18)20/h3-8,13H,2,9-12H2,1H3. The summed E-state index contributed by atoms with van der Waals surface area (Å²) in [4.78, 5) is 2.30. The lowest BCUT2D eigenvalue weighted by molar-refractivity contribution is 0.337. The highest BCUT2D eigenvalue weighted by Gasteiger charge is 2.30. The van der Waals surface area contributed by atoms with Crippen LogP contribution in [-0.4, -0.2) is 45.5 Å². The Morgan fingerprint density at radius 3 is 2.46 bits per heavy atom. The Balaban J connectivity index is 1.76. The van der Waals surface area contributed by atoms with Gasteiger partial charge in [-0.3, -0.25) is 0 Å². The molecule has 1 fully saturated rings. The molecule has 1 aliphatic heterocycles. The number of nitrogens with zero attached hydrogens (tertiary/aromatic N) is 2. The molecule has 0 atom stereocenters. The van der Waals surface area contributed by atoms with E-state index in [1.165, 1.54) is 4.31 Å². The minimum Gasteiger partial charge on any atom is -0.492 e. The summed E-state index contributed by atoms with van der Waals surface area (Å²) in [5, 5.41) is 0.225. The van der Waals surface area contributed by atoms with Crippen LogP contribution in [0.1, 0.15) is 6.92 Å². The number of piperazine rings is 1. The first kappa shape index (κ1) is 19.5. The van der Waals surface area contributed by atoms with Gasteiger partial charge in [0.1, 0.15) is 10.6 Å². The van der Waals surface area contributed by atoms with Crippen molar-refractivity contribution in [3.8, 4) is 5.75 Å². The highest BCUT2D eigenvalue weighted by molar-refractivity contribution is 9.10. The van der Waals surface area contributed by atoms with Gasteiger partial charge < -0.3 is 9.64 Å². The van der Waals surface area contributed by atoms with Gasteiger partial charge in [0.15, 0.2) is 0 Å². The van der Waals surface area contributed by atoms with E-state index in [1.54, 1.807) is 18.2 Å². The summed E-state index contributed by atoms with van der Waals surface area (Å²) in [5.41, 5.74) is 0.994. The van der Waals surface area contributed by atoms with Crippen molar-refractivity contribution >= 4 is 43.2 Å². The van der Waals surface area contributed by atoms with Gasteiger partial charge in [-0.2, -0.15) is 4.31 Å². The molecule has 0 radical (unpaired) electrons. The topological polar surface area (TPSA) is 49.9 Å². The van der Waals surface area contributed by atoms with E-state index in [2.05, 4.69) is 20.8 Å². The van der Waals surface area contributed by atoms with Crippen molar-refractivity contribution in [3.05, 3.63) is 52.0 Å². The van der Waals surface area contributed by atoms with Crippen LogP contribution in [-0.2, 0) is 10.0 Å². The lowest BCUT2D eigenvalue weighted by Crippen LogP contribution is -2.48. The summed E-state index contributed by atoms with van der Waals surface area (Å²) in [6.07, 6.45) is 0. The molecule has 0 saturated carbocycles. The predicted molar refractivity (Wildman–Crippen MR) is 108 cm³/mol. The maximum Gasteiger partial charge on any atom is 0.244 e. The first-order chi connectivity index (χ1) is 12.4. The second kappa shape index (κ2) is 8.17. The first-order valence-electron chi connectivity index (χ1n) is 8.35. The Morgan fingerprint density at radius 2 is 1.81 bits per heavy atom. The van der Waals surface area contributed by atoms with Gasteiger partial charge in [-0.15, -0.1) is 0 Å². The molecule has 0 aromatic heterocycles. The number of halogens is 2. The third-order valence-electron chi connectivity index (χ3n) is 4.26. The Hall–Kier alpha value is -1.28. The van der Waals surface area contributed by atoms with Crippen LogP contribution in [0.15, 0.2) is 51.8 Å². The molecule has 0 amide bonds. The van der Waals surface area contributed by atoms with Crippen molar-refractivity contribution in [2.45, 2.75) is 11.8 Å². The Bertz CT molecular complexity index is 884. The van der Waals surface area contributed by atoms with Crippen LogP contribution in [0.4, 0.5) is 5.69 Å². The van der Waals surface area contributed by atoms with E-state index in [0.29, 0.717) is 32.8 Å². The molecule has 0 spiro atoms. The van der Waals surface area contributed by atoms with Gasteiger partial charge in [0, 0.05) is 30.7 Å². The van der Waals surface area contributed by atoms with Crippen molar-refractivity contribution in [1.29, 1.82) is 0 Å². The summed E-state index contributed by atoms with van der Waals surface area (Å²) in [6.45, 7) is 4.52. The fourth-order valence-corrected chi connectivity index (χ4v) is 5.42. The number of hydrogen-bond donors (Lipinski definition) is 0. The van der Waals surface area contributed by atoms with Gasteiger partial charge in [-0.05, 0) is 37.3 Å². The lowest BCUT2D eigenvalue weighted by atomic mass is 10.2. The highest BCUT2D eigenvalue weighted by atomic mass is 79.9. The summed E-state index contributed by atoms with van der Waals surface area (Å²) in [7, 11) is -3.61. The zero-order chi connectivity index (χ0) is 18.7. The van der Waals surface area contributed by atoms with E-state index in [0.717, 1.165) is 15.9 Å².